The predicted molar refractivity (Wildman–Crippen MR) is 62.8 cm³/mol. The van der Waals surface area contributed by atoms with Crippen molar-refractivity contribution in [2.45, 2.75) is 13.2 Å². The molecule has 1 aromatic heterocycles. The highest BCUT2D eigenvalue weighted by atomic mass is 16.5. The van der Waals surface area contributed by atoms with Crippen LogP contribution in [0, 0.1) is 0 Å². The van der Waals surface area contributed by atoms with Crippen molar-refractivity contribution in [2.75, 3.05) is 7.11 Å². The predicted octanol–water partition coefficient (Wildman–Crippen LogP) is 1.03. The Morgan fingerprint density at radius 3 is 2.83 bits per heavy atom. The third-order valence-corrected chi connectivity index (χ3v) is 2.23. The lowest BCUT2D eigenvalue weighted by atomic mass is 10.3. The zero-order chi connectivity index (χ0) is 12.8. The van der Waals surface area contributed by atoms with E-state index in [1.807, 2.05) is 30.3 Å². The number of nitrogens with zero attached hydrogens (tertiary/aromatic N) is 3. The van der Waals surface area contributed by atoms with Crippen LogP contribution in [0.25, 0.3) is 0 Å². The Bertz CT molecular complexity index is 510. The molecular weight excluding hydrogens is 234 g/mol. The highest BCUT2D eigenvalue weighted by molar-refractivity contribution is 5.68. The van der Waals surface area contributed by atoms with Crippen LogP contribution in [0.3, 0.4) is 0 Å². The van der Waals surface area contributed by atoms with Gasteiger partial charge in [-0.3, -0.25) is 4.79 Å². The Morgan fingerprint density at radius 1 is 1.33 bits per heavy atom. The summed E-state index contributed by atoms with van der Waals surface area (Å²) in [5, 5.41) is 7.70. The van der Waals surface area contributed by atoms with E-state index in [0.29, 0.717) is 12.3 Å². The van der Waals surface area contributed by atoms with Crippen LogP contribution in [0.15, 0.2) is 36.5 Å². The Hall–Kier alpha value is -2.37. The number of rotatable bonds is 5. The van der Waals surface area contributed by atoms with Crippen LogP contribution in [0.1, 0.15) is 5.69 Å². The molecule has 2 aromatic rings. The fraction of sp³-hybridized carbons (Fsp3) is 0.250. The number of aromatic nitrogens is 3. The molecule has 0 bridgehead atoms. The van der Waals surface area contributed by atoms with Crippen LogP contribution in [0.2, 0.25) is 0 Å². The molecule has 0 radical (unpaired) electrons. The summed E-state index contributed by atoms with van der Waals surface area (Å²) in [6.07, 6.45) is 1.65. The molecule has 6 heteroatoms. The first-order valence-corrected chi connectivity index (χ1v) is 5.41. The van der Waals surface area contributed by atoms with Crippen molar-refractivity contribution in [3.8, 4) is 5.75 Å². The number of para-hydroxylation sites is 1. The van der Waals surface area contributed by atoms with E-state index in [0.717, 1.165) is 5.75 Å². The summed E-state index contributed by atoms with van der Waals surface area (Å²) in [7, 11) is 1.33. The summed E-state index contributed by atoms with van der Waals surface area (Å²) in [6.45, 7) is 0.361. The fourth-order valence-electron chi connectivity index (χ4n) is 1.35. The fourth-order valence-corrected chi connectivity index (χ4v) is 1.35. The first kappa shape index (κ1) is 12.1. The second-order valence-corrected chi connectivity index (χ2v) is 3.59. The molecule has 2 rings (SSSR count). The van der Waals surface area contributed by atoms with E-state index >= 15 is 0 Å². The Morgan fingerprint density at radius 2 is 2.11 bits per heavy atom. The van der Waals surface area contributed by atoms with Crippen molar-refractivity contribution < 1.29 is 14.3 Å². The van der Waals surface area contributed by atoms with Gasteiger partial charge in [-0.2, -0.15) is 0 Å². The minimum atomic E-state index is -0.365. The van der Waals surface area contributed by atoms with Crippen LogP contribution in [0.5, 0.6) is 5.75 Å². The van der Waals surface area contributed by atoms with Crippen molar-refractivity contribution in [1.82, 2.24) is 15.0 Å². The maximum atomic E-state index is 11.0. The normalized spacial score (nSPS) is 10.1. The number of ether oxygens (including phenoxy) is 2. The number of hydrogen-bond donors (Lipinski definition) is 0. The molecule has 6 nitrogen and oxygen atoms in total. The molecule has 0 fully saturated rings. The summed E-state index contributed by atoms with van der Waals surface area (Å²) in [5.74, 6) is 0.399. The van der Waals surface area contributed by atoms with Crippen LogP contribution < -0.4 is 4.74 Å². The van der Waals surface area contributed by atoms with E-state index < -0.39 is 0 Å². The zero-order valence-electron chi connectivity index (χ0n) is 9.94. The Kier molecular flexibility index (Phi) is 3.90. The van der Waals surface area contributed by atoms with Gasteiger partial charge < -0.3 is 9.47 Å². The molecular formula is C12H13N3O3. The van der Waals surface area contributed by atoms with E-state index in [4.69, 9.17) is 4.74 Å². The lowest BCUT2D eigenvalue weighted by Gasteiger charge is -2.02. The first-order chi connectivity index (χ1) is 8.78. The van der Waals surface area contributed by atoms with E-state index in [9.17, 15) is 4.79 Å². The van der Waals surface area contributed by atoms with Gasteiger partial charge in [-0.25, -0.2) is 4.68 Å². The summed E-state index contributed by atoms with van der Waals surface area (Å²) >= 11 is 0. The molecule has 0 aliphatic rings. The summed E-state index contributed by atoms with van der Waals surface area (Å²) in [4.78, 5) is 11.0. The standard InChI is InChI=1S/C12H13N3O3/c1-17-12(16)8-15-7-10(13-14-15)9-18-11-5-3-2-4-6-11/h2-7H,8-9H2,1H3. The van der Waals surface area contributed by atoms with Gasteiger partial charge in [-0.05, 0) is 12.1 Å². The largest absolute Gasteiger partial charge is 0.487 e. The maximum absolute atomic E-state index is 11.0. The number of methoxy groups -OCH3 is 1. The third kappa shape index (κ3) is 3.31. The lowest BCUT2D eigenvalue weighted by molar-refractivity contribution is -0.141. The number of hydrogen-bond acceptors (Lipinski definition) is 5. The van der Waals surface area contributed by atoms with E-state index in [1.54, 1.807) is 6.20 Å². The SMILES string of the molecule is COC(=O)Cn1cc(COc2ccccc2)nn1. The van der Waals surface area contributed by atoms with E-state index in [2.05, 4.69) is 15.0 Å². The maximum Gasteiger partial charge on any atom is 0.327 e. The Balaban J connectivity index is 1.89. The van der Waals surface area contributed by atoms with Crippen LogP contribution >= 0.6 is 0 Å². The second kappa shape index (κ2) is 5.81. The van der Waals surface area contributed by atoms with Gasteiger partial charge in [-0.1, -0.05) is 23.4 Å². The first-order valence-electron chi connectivity index (χ1n) is 5.41. The van der Waals surface area contributed by atoms with Gasteiger partial charge in [0.2, 0.25) is 0 Å². The molecule has 0 saturated carbocycles. The van der Waals surface area contributed by atoms with Crippen molar-refractivity contribution in [2.24, 2.45) is 0 Å². The summed E-state index contributed by atoms with van der Waals surface area (Å²) in [5.41, 5.74) is 0.655. The van der Waals surface area contributed by atoms with Gasteiger partial charge in [0.25, 0.3) is 0 Å². The monoisotopic (exact) mass is 247 g/mol. The minimum absolute atomic E-state index is 0.0504. The third-order valence-electron chi connectivity index (χ3n) is 2.23. The van der Waals surface area contributed by atoms with Gasteiger partial charge >= 0.3 is 5.97 Å². The van der Waals surface area contributed by atoms with Crippen molar-refractivity contribution >= 4 is 5.97 Å². The number of carbonyl (C=O) groups excluding carboxylic acids is 1. The molecule has 18 heavy (non-hydrogen) atoms. The quantitative estimate of drug-likeness (QED) is 0.738. The molecule has 0 unspecified atom stereocenters. The van der Waals surface area contributed by atoms with Gasteiger partial charge in [-0.15, -0.1) is 5.10 Å². The van der Waals surface area contributed by atoms with Crippen molar-refractivity contribution in [1.29, 1.82) is 0 Å². The molecule has 0 spiro atoms. The molecule has 0 amide bonds. The minimum Gasteiger partial charge on any atom is -0.487 e. The number of benzene rings is 1. The highest BCUT2D eigenvalue weighted by Crippen LogP contribution is 2.10. The molecule has 94 valence electrons. The van der Waals surface area contributed by atoms with Gasteiger partial charge in [0.15, 0.2) is 0 Å². The molecule has 1 heterocycles. The van der Waals surface area contributed by atoms with Crippen LogP contribution in [-0.4, -0.2) is 28.1 Å². The Labute approximate surface area is 104 Å². The highest BCUT2D eigenvalue weighted by Gasteiger charge is 2.06. The van der Waals surface area contributed by atoms with Gasteiger partial charge in [0.05, 0.1) is 13.3 Å². The average molecular weight is 247 g/mol. The lowest BCUT2D eigenvalue weighted by Crippen LogP contribution is -2.11. The summed E-state index contributed by atoms with van der Waals surface area (Å²) in [6, 6.07) is 9.42. The van der Waals surface area contributed by atoms with Gasteiger partial charge in [0.1, 0.15) is 24.6 Å². The summed E-state index contributed by atoms with van der Waals surface area (Å²) < 4.78 is 11.5. The van der Waals surface area contributed by atoms with Crippen LogP contribution in [-0.2, 0) is 22.7 Å². The number of esters is 1. The van der Waals surface area contributed by atoms with Crippen LogP contribution in [0.4, 0.5) is 0 Å². The van der Waals surface area contributed by atoms with Crippen molar-refractivity contribution in [3.05, 3.63) is 42.2 Å². The van der Waals surface area contributed by atoms with E-state index in [1.165, 1.54) is 11.8 Å². The van der Waals surface area contributed by atoms with Crippen molar-refractivity contribution in [3.63, 3.8) is 0 Å². The average Bonchev–Trinajstić information content (AvgIpc) is 2.85. The zero-order valence-corrected chi connectivity index (χ0v) is 9.94. The molecule has 0 atom stereocenters. The topological polar surface area (TPSA) is 66.2 Å². The second-order valence-electron chi connectivity index (χ2n) is 3.59. The van der Waals surface area contributed by atoms with E-state index in [-0.39, 0.29) is 12.5 Å². The molecule has 0 N–H and O–H groups in total. The molecule has 0 aliphatic carbocycles. The number of carbonyl (C=O) groups is 1. The smallest absolute Gasteiger partial charge is 0.327 e. The molecule has 0 aliphatic heterocycles. The van der Waals surface area contributed by atoms with Gasteiger partial charge in [0, 0.05) is 0 Å². The molecule has 1 aromatic carbocycles. The molecule has 0 saturated heterocycles.